The molecular weight excluding hydrogens is 345 g/mol. The summed E-state index contributed by atoms with van der Waals surface area (Å²) in [5.41, 5.74) is -0.204. The van der Waals surface area contributed by atoms with Crippen molar-refractivity contribution < 1.29 is 23.5 Å². The summed E-state index contributed by atoms with van der Waals surface area (Å²) >= 11 is 3.09. The van der Waals surface area contributed by atoms with E-state index in [1.807, 2.05) is 0 Å². The van der Waals surface area contributed by atoms with Crippen molar-refractivity contribution in [2.45, 2.75) is 18.9 Å². The monoisotopic (exact) mass is 359 g/mol. The number of hydrogen-bond donors (Lipinski definition) is 1. The Bertz CT molecular complexity index is 532. The summed E-state index contributed by atoms with van der Waals surface area (Å²) in [6.07, 6.45) is 1.91. The number of esters is 1. The zero-order valence-electron chi connectivity index (χ0n) is 11.2. The minimum atomic E-state index is -0.868. The molecule has 0 saturated carbocycles. The molecule has 0 radical (unpaired) electrons. The van der Waals surface area contributed by atoms with Crippen LogP contribution in [0.5, 0.6) is 0 Å². The predicted octanol–water partition coefficient (Wildman–Crippen LogP) is 2.04. The van der Waals surface area contributed by atoms with Gasteiger partial charge in [0.15, 0.2) is 6.61 Å². The van der Waals surface area contributed by atoms with Crippen molar-refractivity contribution in [2.75, 3.05) is 19.8 Å². The summed E-state index contributed by atoms with van der Waals surface area (Å²) in [5, 5.41) is 2.61. The molecule has 1 saturated heterocycles. The van der Waals surface area contributed by atoms with E-state index in [1.165, 1.54) is 12.1 Å². The molecule has 21 heavy (non-hydrogen) atoms. The molecule has 5 nitrogen and oxygen atoms in total. The van der Waals surface area contributed by atoms with Crippen molar-refractivity contribution in [1.82, 2.24) is 5.32 Å². The second-order valence-corrected chi connectivity index (χ2v) is 5.56. The number of halogens is 2. The van der Waals surface area contributed by atoms with Gasteiger partial charge in [0.2, 0.25) is 0 Å². The quantitative estimate of drug-likeness (QED) is 0.817. The topological polar surface area (TPSA) is 64.6 Å². The molecule has 7 heteroatoms. The number of benzene rings is 1. The van der Waals surface area contributed by atoms with E-state index in [4.69, 9.17) is 9.47 Å². The van der Waals surface area contributed by atoms with Gasteiger partial charge in [0.25, 0.3) is 5.91 Å². The minimum absolute atomic E-state index is 0.0218. The second kappa shape index (κ2) is 7.51. The largest absolute Gasteiger partial charge is 0.452 e. The third-order valence-corrected chi connectivity index (χ3v) is 3.53. The van der Waals surface area contributed by atoms with E-state index >= 15 is 0 Å². The molecule has 1 aromatic carbocycles. The molecule has 0 aliphatic carbocycles. The van der Waals surface area contributed by atoms with Gasteiger partial charge < -0.3 is 14.8 Å². The molecule has 1 aromatic rings. The summed E-state index contributed by atoms with van der Waals surface area (Å²) in [6.45, 7) is 0.655. The van der Waals surface area contributed by atoms with Gasteiger partial charge in [-0.25, -0.2) is 9.18 Å². The summed E-state index contributed by atoms with van der Waals surface area (Å²) in [6, 6.07) is 3.98. The summed E-state index contributed by atoms with van der Waals surface area (Å²) in [7, 11) is 0. The van der Waals surface area contributed by atoms with Crippen LogP contribution in [0.1, 0.15) is 23.2 Å². The average molecular weight is 360 g/mol. The van der Waals surface area contributed by atoms with Gasteiger partial charge in [-0.3, -0.25) is 4.79 Å². The lowest BCUT2D eigenvalue weighted by Gasteiger charge is -2.11. The van der Waals surface area contributed by atoms with Crippen LogP contribution in [0.15, 0.2) is 22.7 Å². The average Bonchev–Trinajstić information content (AvgIpc) is 2.95. The van der Waals surface area contributed by atoms with Crippen LogP contribution in [0.25, 0.3) is 0 Å². The number of carbonyl (C=O) groups is 2. The van der Waals surface area contributed by atoms with Crippen molar-refractivity contribution in [3.63, 3.8) is 0 Å². The van der Waals surface area contributed by atoms with Crippen LogP contribution in [0.4, 0.5) is 4.39 Å². The zero-order chi connectivity index (χ0) is 15.2. The van der Waals surface area contributed by atoms with E-state index in [0.29, 0.717) is 17.6 Å². The van der Waals surface area contributed by atoms with Gasteiger partial charge in [-0.05, 0) is 31.0 Å². The third kappa shape index (κ3) is 4.78. The van der Waals surface area contributed by atoms with Crippen molar-refractivity contribution in [3.05, 3.63) is 34.1 Å². The van der Waals surface area contributed by atoms with E-state index in [9.17, 15) is 14.0 Å². The number of ether oxygens (including phenoxy) is 2. The highest BCUT2D eigenvalue weighted by atomic mass is 79.9. The molecule has 1 atom stereocenters. The molecule has 1 heterocycles. The van der Waals surface area contributed by atoms with Crippen LogP contribution < -0.4 is 5.32 Å². The molecule has 0 aromatic heterocycles. The highest BCUT2D eigenvalue weighted by Crippen LogP contribution is 2.16. The fraction of sp³-hybridized carbons (Fsp3) is 0.429. The highest BCUT2D eigenvalue weighted by molar-refractivity contribution is 9.10. The molecular formula is C14H15BrFNO4. The third-order valence-electron chi connectivity index (χ3n) is 3.04. The Labute approximate surface area is 129 Å². The fourth-order valence-corrected chi connectivity index (χ4v) is 2.28. The van der Waals surface area contributed by atoms with E-state index in [-0.39, 0.29) is 11.7 Å². The lowest BCUT2D eigenvalue weighted by Crippen LogP contribution is -2.34. The number of rotatable bonds is 5. The Kier molecular flexibility index (Phi) is 5.69. The number of nitrogens with one attached hydrogen (secondary N) is 1. The first-order valence-corrected chi connectivity index (χ1v) is 7.36. The Morgan fingerprint density at radius 3 is 2.95 bits per heavy atom. The normalized spacial score (nSPS) is 17.5. The number of hydrogen-bond acceptors (Lipinski definition) is 4. The van der Waals surface area contributed by atoms with E-state index in [1.54, 1.807) is 0 Å². The maximum Gasteiger partial charge on any atom is 0.341 e. The van der Waals surface area contributed by atoms with Gasteiger partial charge in [0.05, 0.1) is 11.7 Å². The van der Waals surface area contributed by atoms with Gasteiger partial charge in [0, 0.05) is 17.6 Å². The molecule has 1 fully saturated rings. The Balaban J connectivity index is 1.76. The second-order valence-electron chi connectivity index (χ2n) is 4.64. The lowest BCUT2D eigenvalue weighted by molar-refractivity contribution is -0.124. The predicted molar refractivity (Wildman–Crippen MR) is 76.4 cm³/mol. The van der Waals surface area contributed by atoms with Gasteiger partial charge in [-0.15, -0.1) is 0 Å². The van der Waals surface area contributed by atoms with Crippen LogP contribution in [-0.4, -0.2) is 37.7 Å². The van der Waals surface area contributed by atoms with Crippen molar-refractivity contribution in [1.29, 1.82) is 0 Å². The molecule has 0 bridgehead atoms. The molecule has 1 aliphatic rings. The van der Waals surface area contributed by atoms with Crippen molar-refractivity contribution >= 4 is 27.8 Å². The van der Waals surface area contributed by atoms with Crippen molar-refractivity contribution in [3.8, 4) is 0 Å². The number of carbonyl (C=O) groups excluding carboxylic acids is 2. The Morgan fingerprint density at radius 1 is 1.48 bits per heavy atom. The molecule has 1 amide bonds. The lowest BCUT2D eigenvalue weighted by atomic mass is 10.2. The Morgan fingerprint density at radius 2 is 2.29 bits per heavy atom. The van der Waals surface area contributed by atoms with Gasteiger partial charge in [-0.2, -0.15) is 0 Å². The summed E-state index contributed by atoms with van der Waals surface area (Å²) < 4.78 is 24.2. The summed E-state index contributed by atoms with van der Waals surface area (Å²) in [5.74, 6) is -2.00. The SMILES string of the molecule is O=C(COC(=O)c1ccc(Br)cc1F)NC[C@H]1CCCO1. The molecule has 1 aliphatic heterocycles. The number of amides is 1. The van der Waals surface area contributed by atoms with Gasteiger partial charge in [-0.1, -0.05) is 15.9 Å². The summed E-state index contributed by atoms with van der Waals surface area (Å²) in [4.78, 5) is 23.2. The van der Waals surface area contributed by atoms with E-state index in [0.717, 1.165) is 18.9 Å². The van der Waals surface area contributed by atoms with Crippen LogP contribution in [0.3, 0.4) is 0 Å². The van der Waals surface area contributed by atoms with Crippen LogP contribution in [-0.2, 0) is 14.3 Å². The minimum Gasteiger partial charge on any atom is -0.452 e. The molecule has 2 rings (SSSR count). The maximum atomic E-state index is 13.5. The maximum absolute atomic E-state index is 13.5. The van der Waals surface area contributed by atoms with Gasteiger partial charge in [0.1, 0.15) is 5.82 Å². The molecule has 114 valence electrons. The zero-order valence-corrected chi connectivity index (χ0v) is 12.8. The van der Waals surface area contributed by atoms with Gasteiger partial charge >= 0.3 is 5.97 Å². The first kappa shape index (κ1) is 15.9. The Hall–Kier alpha value is -1.47. The van der Waals surface area contributed by atoms with Crippen molar-refractivity contribution in [2.24, 2.45) is 0 Å². The van der Waals surface area contributed by atoms with E-state index < -0.39 is 24.3 Å². The van der Waals surface area contributed by atoms with E-state index in [2.05, 4.69) is 21.2 Å². The first-order valence-electron chi connectivity index (χ1n) is 6.57. The van der Waals surface area contributed by atoms with Crippen LogP contribution >= 0.6 is 15.9 Å². The fourth-order valence-electron chi connectivity index (χ4n) is 1.95. The highest BCUT2D eigenvalue weighted by Gasteiger charge is 2.18. The molecule has 0 spiro atoms. The standard InChI is InChI=1S/C14H15BrFNO4/c15-9-3-4-11(12(16)6-9)14(19)21-8-13(18)17-7-10-2-1-5-20-10/h3-4,6,10H,1-2,5,7-8H2,(H,17,18)/t10-/m1/s1. The smallest absolute Gasteiger partial charge is 0.341 e. The molecule has 1 N–H and O–H groups in total. The van der Waals surface area contributed by atoms with Crippen LogP contribution in [0.2, 0.25) is 0 Å². The molecule has 0 unspecified atom stereocenters. The first-order chi connectivity index (χ1) is 10.1. The van der Waals surface area contributed by atoms with Crippen LogP contribution in [0, 0.1) is 5.82 Å².